The van der Waals surface area contributed by atoms with Gasteiger partial charge in [0.1, 0.15) is 0 Å². The fourth-order valence-corrected chi connectivity index (χ4v) is 2.39. The molecule has 0 aliphatic carbocycles. The Morgan fingerprint density at radius 1 is 1.39 bits per heavy atom. The summed E-state index contributed by atoms with van der Waals surface area (Å²) >= 11 is 7.39. The van der Waals surface area contributed by atoms with Crippen LogP contribution >= 0.6 is 22.9 Å². The topological polar surface area (TPSA) is 55.1 Å². The highest BCUT2D eigenvalue weighted by molar-refractivity contribution is 7.16. The number of halogens is 1. The number of hydrogen-bond donors (Lipinski definition) is 2. The predicted molar refractivity (Wildman–Crippen MR) is 78.1 cm³/mol. The number of hydrogen-bond acceptors (Lipinski definition) is 3. The molecule has 0 saturated heterocycles. The lowest BCUT2D eigenvalue weighted by atomic mass is 9.74. The summed E-state index contributed by atoms with van der Waals surface area (Å²) in [6, 6.07) is 3.85. The number of nitrogens with one attached hydrogen (secondary N) is 1. The van der Waals surface area contributed by atoms with Crippen molar-refractivity contribution in [3.8, 4) is 0 Å². The van der Waals surface area contributed by atoms with Crippen LogP contribution in [0, 0.1) is 5.41 Å². The number of amides is 1. The fourth-order valence-electron chi connectivity index (χ4n) is 1.30. The van der Waals surface area contributed by atoms with Gasteiger partial charge in [0, 0.05) is 17.0 Å². The third-order valence-corrected chi connectivity index (χ3v) is 4.76. The van der Waals surface area contributed by atoms with Crippen LogP contribution in [0.3, 0.4) is 0 Å². The van der Waals surface area contributed by atoms with Gasteiger partial charge < -0.3 is 11.1 Å². The van der Waals surface area contributed by atoms with E-state index in [9.17, 15) is 4.79 Å². The van der Waals surface area contributed by atoms with Gasteiger partial charge in [-0.3, -0.25) is 4.79 Å². The first-order valence-corrected chi connectivity index (χ1v) is 7.15. The maximum atomic E-state index is 12.1. The predicted octanol–water partition coefficient (Wildman–Crippen LogP) is 2.82. The van der Waals surface area contributed by atoms with E-state index in [1.165, 1.54) is 4.88 Å². The molecular formula is C13H21ClN2OS. The van der Waals surface area contributed by atoms with E-state index in [0.717, 1.165) is 10.8 Å². The van der Waals surface area contributed by atoms with Gasteiger partial charge in [0.05, 0.1) is 9.75 Å². The Labute approximate surface area is 118 Å². The molecule has 1 rings (SSSR count). The van der Waals surface area contributed by atoms with Crippen molar-refractivity contribution in [3.63, 3.8) is 0 Å². The third kappa shape index (κ3) is 3.70. The van der Waals surface area contributed by atoms with Crippen LogP contribution in [0.25, 0.3) is 0 Å². The fraction of sp³-hybridized carbons (Fsp3) is 0.615. The van der Waals surface area contributed by atoms with Gasteiger partial charge in [0.25, 0.3) is 0 Å². The Kier molecular flexibility index (Phi) is 4.81. The van der Waals surface area contributed by atoms with Gasteiger partial charge in [-0.2, -0.15) is 0 Å². The van der Waals surface area contributed by atoms with E-state index in [0.29, 0.717) is 6.54 Å². The molecule has 0 saturated carbocycles. The lowest BCUT2D eigenvalue weighted by Crippen LogP contribution is -2.55. The molecule has 0 aliphatic heterocycles. The van der Waals surface area contributed by atoms with Crippen LogP contribution in [0.5, 0.6) is 0 Å². The van der Waals surface area contributed by atoms with Crippen molar-refractivity contribution in [3.05, 3.63) is 21.3 Å². The molecule has 3 N–H and O–H groups in total. The summed E-state index contributed by atoms with van der Waals surface area (Å²) in [5.74, 6) is -0.0161. The molecule has 102 valence electrons. The maximum absolute atomic E-state index is 12.1. The molecule has 3 nitrogen and oxygen atoms in total. The average Bonchev–Trinajstić information content (AvgIpc) is 2.62. The number of rotatable bonds is 5. The van der Waals surface area contributed by atoms with Gasteiger partial charge in [-0.05, 0) is 46.2 Å². The monoisotopic (exact) mass is 288 g/mol. The molecule has 0 fully saturated rings. The molecule has 1 amide bonds. The summed E-state index contributed by atoms with van der Waals surface area (Å²) in [5, 5.41) is 2.93. The second-order valence-corrected chi connectivity index (χ2v) is 7.36. The van der Waals surface area contributed by atoms with Crippen molar-refractivity contribution in [1.29, 1.82) is 0 Å². The molecule has 0 unspecified atom stereocenters. The Bertz CT molecular complexity index is 421. The largest absolute Gasteiger partial charge is 0.355 e. The van der Waals surface area contributed by atoms with E-state index in [1.54, 1.807) is 11.3 Å². The van der Waals surface area contributed by atoms with Gasteiger partial charge in [0.2, 0.25) is 5.91 Å². The summed E-state index contributed by atoms with van der Waals surface area (Å²) < 4.78 is 0.778. The lowest BCUT2D eigenvalue weighted by Gasteiger charge is -2.36. The van der Waals surface area contributed by atoms with E-state index < -0.39 is 11.0 Å². The summed E-state index contributed by atoms with van der Waals surface area (Å²) in [6.07, 6.45) is 0.796. The van der Waals surface area contributed by atoms with Crippen LogP contribution in [0.2, 0.25) is 4.34 Å². The van der Waals surface area contributed by atoms with Crippen LogP contribution < -0.4 is 11.1 Å². The van der Waals surface area contributed by atoms with E-state index in [-0.39, 0.29) is 5.91 Å². The zero-order chi connectivity index (χ0) is 14.0. The van der Waals surface area contributed by atoms with E-state index >= 15 is 0 Å². The molecule has 0 spiro atoms. The molecule has 0 aromatic carbocycles. The van der Waals surface area contributed by atoms with Gasteiger partial charge in [-0.25, -0.2) is 0 Å². The van der Waals surface area contributed by atoms with Crippen LogP contribution in [-0.4, -0.2) is 18.0 Å². The van der Waals surface area contributed by atoms with Crippen LogP contribution in [0.15, 0.2) is 12.1 Å². The molecule has 0 radical (unpaired) electrons. The van der Waals surface area contributed by atoms with Crippen molar-refractivity contribution in [2.75, 3.05) is 6.54 Å². The van der Waals surface area contributed by atoms with Crippen molar-refractivity contribution >= 4 is 28.8 Å². The zero-order valence-electron chi connectivity index (χ0n) is 11.3. The van der Waals surface area contributed by atoms with Gasteiger partial charge >= 0.3 is 0 Å². The average molecular weight is 289 g/mol. The summed E-state index contributed by atoms with van der Waals surface area (Å²) in [7, 11) is 0. The quantitative estimate of drug-likeness (QED) is 0.875. The number of carbonyl (C=O) groups excluding carboxylic acids is 1. The standard InChI is InChI=1S/C13H21ClN2OS/c1-12(2,13(3,4)15)11(17)16-8-7-9-5-6-10(14)18-9/h5-6H,7-8,15H2,1-4H3,(H,16,17). The molecule has 1 aromatic heterocycles. The number of nitrogens with two attached hydrogens (primary N) is 1. The Morgan fingerprint density at radius 2 is 2.00 bits per heavy atom. The number of carbonyl (C=O) groups is 1. The molecule has 0 aliphatic rings. The van der Waals surface area contributed by atoms with Gasteiger partial charge in [-0.1, -0.05) is 11.6 Å². The second-order valence-electron chi connectivity index (χ2n) is 5.56. The molecule has 1 aromatic rings. The van der Waals surface area contributed by atoms with Crippen LogP contribution in [-0.2, 0) is 11.2 Å². The van der Waals surface area contributed by atoms with Crippen molar-refractivity contribution in [2.24, 2.45) is 11.1 Å². The van der Waals surface area contributed by atoms with Crippen LogP contribution in [0.4, 0.5) is 0 Å². The summed E-state index contributed by atoms with van der Waals surface area (Å²) in [5.41, 5.74) is 4.87. The zero-order valence-corrected chi connectivity index (χ0v) is 12.9. The number of thiophene rings is 1. The van der Waals surface area contributed by atoms with Crippen LogP contribution in [0.1, 0.15) is 32.6 Å². The first-order chi connectivity index (χ1) is 8.14. The third-order valence-electron chi connectivity index (χ3n) is 3.46. The maximum Gasteiger partial charge on any atom is 0.227 e. The van der Waals surface area contributed by atoms with Gasteiger partial charge in [-0.15, -0.1) is 11.3 Å². The smallest absolute Gasteiger partial charge is 0.227 e. The molecule has 0 bridgehead atoms. The molecule has 1 heterocycles. The normalized spacial score (nSPS) is 12.6. The van der Waals surface area contributed by atoms with Crippen molar-refractivity contribution in [2.45, 2.75) is 39.7 Å². The highest BCUT2D eigenvalue weighted by Gasteiger charge is 2.40. The lowest BCUT2D eigenvalue weighted by molar-refractivity contribution is -0.132. The SMILES string of the molecule is CC(C)(N)C(C)(C)C(=O)NCCc1ccc(Cl)s1. The summed E-state index contributed by atoms with van der Waals surface area (Å²) in [6.45, 7) is 8.07. The van der Waals surface area contributed by atoms with Crippen molar-refractivity contribution in [1.82, 2.24) is 5.32 Å². The Morgan fingerprint density at radius 3 is 2.44 bits per heavy atom. The Balaban J connectivity index is 2.47. The Hall–Kier alpha value is -0.580. The van der Waals surface area contributed by atoms with E-state index in [4.69, 9.17) is 17.3 Å². The molecule has 18 heavy (non-hydrogen) atoms. The molecule has 5 heteroatoms. The molecular weight excluding hydrogens is 268 g/mol. The minimum Gasteiger partial charge on any atom is -0.355 e. The minimum absolute atomic E-state index is 0.0161. The highest BCUT2D eigenvalue weighted by Crippen LogP contribution is 2.28. The minimum atomic E-state index is -0.597. The molecule has 0 atom stereocenters. The highest BCUT2D eigenvalue weighted by atomic mass is 35.5. The van der Waals surface area contributed by atoms with E-state index in [1.807, 2.05) is 39.8 Å². The summed E-state index contributed by atoms with van der Waals surface area (Å²) in [4.78, 5) is 13.3. The first kappa shape index (κ1) is 15.5. The van der Waals surface area contributed by atoms with Gasteiger partial charge in [0.15, 0.2) is 0 Å². The van der Waals surface area contributed by atoms with Crippen molar-refractivity contribution < 1.29 is 4.79 Å². The second kappa shape index (κ2) is 5.59. The van der Waals surface area contributed by atoms with E-state index in [2.05, 4.69) is 5.32 Å². The first-order valence-electron chi connectivity index (χ1n) is 5.96.